The zero-order valence-electron chi connectivity index (χ0n) is 10.5. The number of amides is 1. The van der Waals surface area contributed by atoms with Gasteiger partial charge in [-0.2, -0.15) is 0 Å². The third-order valence-corrected chi connectivity index (χ3v) is 3.61. The van der Waals surface area contributed by atoms with Crippen LogP contribution in [0.25, 0.3) is 0 Å². The lowest BCUT2D eigenvalue weighted by Crippen LogP contribution is -2.54. The molecule has 1 aromatic heterocycles. The van der Waals surface area contributed by atoms with E-state index in [1.54, 1.807) is 0 Å². The van der Waals surface area contributed by atoms with Crippen molar-refractivity contribution in [2.45, 2.75) is 38.1 Å². The van der Waals surface area contributed by atoms with Gasteiger partial charge < -0.3 is 20.4 Å². The molecule has 6 nitrogen and oxygen atoms in total. The number of aliphatic hydroxyl groups is 1. The van der Waals surface area contributed by atoms with Crippen LogP contribution in [0.15, 0.2) is 11.0 Å². The van der Waals surface area contributed by atoms with Crippen molar-refractivity contribution in [1.29, 1.82) is 0 Å². The smallest absolute Gasteiger partial charge is 0.323 e. The number of aliphatic hydroxyl groups excluding tert-OH is 1. The van der Waals surface area contributed by atoms with E-state index in [0.29, 0.717) is 5.92 Å². The number of H-pyrrole nitrogens is 2. The van der Waals surface area contributed by atoms with Crippen LogP contribution in [0.5, 0.6) is 0 Å². The maximum atomic E-state index is 12.0. The number of imidazole rings is 1. The SMILES string of the molecule is CC1CCCC(CO)(NC(=O)c2c[nH]c(=O)[nH]2)C1. The van der Waals surface area contributed by atoms with E-state index >= 15 is 0 Å². The Morgan fingerprint density at radius 3 is 3.00 bits per heavy atom. The van der Waals surface area contributed by atoms with Gasteiger partial charge in [0.1, 0.15) is 5.69 Å². The van der Waals surface area contributed by atoms with Crippen molar-refractivity contribution in [3.8, 4) is 0 Å². The van der Waals surface area contributed by atoms with E-state index in [0.717, 1.165) is 25.7 Å². The fourth-order valence-electron chi connectivity index (χ4n) is 2.72. The van der Waals surface area contributed by atoms with Crippen molar-refractivity contribution in [2.24, 2.45) is 5.92 Å². The van der Waals surface area contributed by atoms with Gasteiger partial charge in [-0.3, -0.25) is 4.79 Å². The number of hydrogen-bond acceptors (Lipinski definition) is 3. The van der Waals surface area contributed by atoms with Crippen molar-refractivity contribution in [3.63, 3.8) is 0 Å². The third kappa shape index (κ3) is 2.64. The minimum Gasteiger partial charge on any atom is -0.394 e. The Balaban J connectivity index is 2.10. The number of carbonyl (C=O) groups is 1. The highest BCUT2D eigenvalue weighted by Gasteiger charge is 2.36. The van der Waals surface area contributed by atoms with E-state index < -0.39 is 11.2 Å². The largest absolute Gasteiger partial charge is 0.394 e. The predicted octanol–water partition coefficient (Wildman–Crippen LogP) is 0.374. The highest BCUT2D eigenvalue weighted by Crippen LogP contribution is 2.32. The normalized spacial score (nSPS) is 28.0. The Bertz CT molecular complexity index is 479. The predicted molar refractivity (Wildman–Crippen MR) is 66.3 cm³/mol. The molecule has 2 rings (SSSR count). The maximum absolute atomic E-state index is 12.0. The highest BCUT2D eigenvalue weighted by atomic mass is 16.3. The molecule has 6 heteroatoms. The third-order valence-electron chi connectivity index (χ3n) is 3.61. The number of aromatic nitrogens is 2. The average Bonchev–Trinajstić information content (AvgIpc) is 2.76. The number of nitrogens with one attached hydrogen (secondary N) is 3. The standard InChI is InChI=1S/C12H19N3O3/c1-8-3-2-4-12(5-8,7-16)15-10(17)9-6-13-11(18)14-9/h6,8,16H,2-5,7H2,1H3,(H,15,17)(H2,13,14,18). The molecule has 0 saturated heterocycles. The minimum absolute atomic E-state index is 0.0717. The summed E-state index contributed by atoms with van der Waals surface area (Å²) >= 11 is 0. The summed E-state index contributed by atoms with van der Waals surface area (Å²) in [4.78, 5) is 27.7. The zero-order chi connectivity index (χ0) is 13.2. The first kappa shape index (κ1) is 12.9. The molecule has 0 aromatic carbocycles. The van der Waals surface area contributed by atoms with Crippen LogP contribution in [0.2, 0.25) is 0 Å². The topological polar surface area (TPSA) is 98.0 Å². The number of carbonyl (C=O) groups excluding carboxylic acids is 1. The van der Waals surface area contributed by atoms with Crippen LogP contribution < -0.4 is 11.0 Å². The van der Waals surface area contributed by atoms with E-state index in [1.165, 1.54) is 6.20 Å². The molecular weight excluding hydrogens is 234 g/mol. The molecule has 100 valence electrons. The Morgan fingerprint density at radius 1 is 1.67 bits per heavy atom. The van der Waals surface area contributed by atoms with Gasteiger partial charge in [-0.05, 0) is 18.8 Å². The van der Waals surface area contributed by atoms with Crippen molar-refractivity contribution >= 4 is 5.91 Å². The Labute approximate surface area is 105 Å². The van der Waals surface area contributed by atoms with Gasteiger partial charge in [0.05, 0.1) is 12.1 Å². The Kier molecular flexibility index (Phi) is 3.56. The van der Waals surface area contributed by atoms with E-state index in [2.05, 4.69) is 22.2 Å². The number of aromatic amines is 2. The second kappa shape index (κ2) is 4.97. The van der Waals surface area contributed by atoms with E-state index in [1.807, 2.05) is 0 Å². The van der Waals surface area contributed by atoms with Crippen LogP contribution in [0.4, 0.5) is 0 Å². The summed E-state index contributed by atoms with van der Waals surface area (Å²) in [5.74, 6) is 0.132. The van der Waals surface area contributed by atoms with Gasteiger partial charge in [-0.1, -0.05) is 19.8 Å². The molecule has 4 N–H and O–H groups in total. The van der Waals surface area contributed by atoms with E-state index in [4.69, 9.17) is 0 Å². The van der Waals surface area contributed by atoms with Crippen LogP contribution in [-0.4, -0.2) is 33.1 Å². The highest BCUT2D eigenvalue weighted by molar-refractivity contribution is 5.92. The molecule has 0 bridgehead atoms. The first-order valence-corrected chi connectivity index (χ1v) is 6.26. The molecule has 0 spiro atoms. The van der Waals surface area contributed by atoms with Crippen molar-refractivity contribution in [1.82, 2.24) is 15.3 Å². The van der Waals surface area contributed by atoms with Gasteiger partial charge in [-0.15, -0.1) is 0 Å². The molecular formula is C12H19N3O3. The second-order valence-corrected chi connectivity index (χ2v) is 5.25. The van der Waals surface area contributed by atoms with Gasteiger partial charge >= 0.3 is 5.69 Å². The lowest BCUT2D eigenvalue weighted by Gasteiger charge is -2.39. The minimum atomic E-state index is -0.553. The van der Waals surface area contributed by atoms with Crippen LogP contribution in [0.1, 0.15) is 43.1 Å². The quantitative estimate of drug-likeness (QED) is 0.626. The average molecular weight is 253 g/mol. The Morgan fingerprint density at radius 2 is 2.44 bits per heavy atom. The van der Waals surface area contributed by atoms with Gasteiger partial charge in [0, 0.05) is 6.20 Å². The number of rotatable bonds is 3. The summed E-state index contributed by atoms with van der Waals surface area (Å²) < 4.78 is 0. The number of hydrogen-bond donors (Lipinski definition) is 4. The molecule has 1 aliphatic carbocycles. The lowest BCUT2D eigenvalue weighted by atomic mass is 9.77. The fraction of sp³-hybridized carbons (Fsp3) is 0.667. The first-order chi connectivity index (χ1) is 8.54. The molecule has 1 saturated carbocycles. The van der Waals surface area contributed by atoms with Gasteiger partial charge in [0.15, 0.2) is 0 Å². The van der Waals surface area contributed by atoms with Crippen molar-refractivity contribution in [3.05, 3.63) is 22.4 Å². The molecule has 1 aliphatic rings. The first-order valence-electron chi connectivity index (χ1n) is 6.26. The van der Waals surface area contributed by atoms with Gasteiger partial charge in [-0.25, -0.2) is 4.79 Å². The summed E-state index contributed by atoms with van der Waals surface area (Å²) in [6.45, 7) is 2.05. The lowest BCUT2D eigenvalue weighted by molar-refractivity contribution is 0.0693. The molecule has 2 atom stereocenters. The summed E-state index contributed by atoms with van der Waals surface area (Å²) in [7, 11) is 0. The summed E-state index contributed by atoms with van der Waals surface area (Å²) in [6, 6.07) is 0. The zero-order valence-corrected chi connectivity index (χ0v) is 10.5. The fourth-order valence-corrected chi connectivity index (χ4v) is 2.72. The van der Waals surface area contributed by atoms with Crippen molar-refractivity contribution < 1.29 is 9.90 Å². The molecule has 1 fully saturated rings. The van der Waals surface area contributed by atoms with E-state index in [-0.39, 0.29) is 18.2 Å². The molecule has 1 heterocycles. The van der Waals surface area contributed by atoms with Crippen LogP contribution in [-0.2, 0) is 0 Å². The molecule has 0 aliphatic heterocycles. The van der Waals surface area contributed by atoms with Gasteiger partial charge in [0.2, 0.25) is 0 Å². The summed E-state index contributed by atoms with van der Waals surface area (Å²) in [5.41, 5.74) is -0.760. The van der Waals surface area contributed by atoms with Crippen LogP contribution in [0, 0.1) is 5.92 Å². The van der Waals surface area contributed by atoms with Crippen molar-refractivity contribution in [2.75, 3.05) is 6.61 Å². The molecule has 18 heavy (non-hydrogen) atoms. The molecule has 0 radical (unpaired) electrons. The molecule has 1 aromatic rings. The summed E-state index contributed by atoms with van der Waals surface area (Å²) in [5, 5.41) is 12.4. The second-order valence-electron chi connectivity index (χ2n) is 5.25. The Hall–Kier alpha value is -1.56. The van der Waals surface area contributed by atoms with Crippen LogP contribution >= 0.6 is 0 Å². The molecule has 1 amide bonds. The van der Waals surface area contributed by atoms with Gasteiger partial charge in [0.25, 0.3) is 5.91 Å². The maximum Gasteiger partial charge on any atom is 0.323 e. The monoisotopic (exact) mass is 253 g/mol. The molecule has 2 unspecified atom stereocenters. The van der Waals surface area contributed by atoms with Crippen LogP contribution in [0.3, 0.4) is 0 Å². The van der Waals surface area contributed by atoms with E-state index in [9.17, 15) is 14.7 Å². The summed E-state index contributed by atoms with van der Waals surface area (Å²) in [6.07, 6.45) is 5.00.